The van der Waals surface area contributed by atoms with Crippen LogP contribution in [-0.4, -0.2) is 33.5 Å². The molecule has 142 valence electrons. The monoisotopic (exact) mass is 395 g/mol. The lowest BCUT2D eigenvalue weighted by molar-refractivity contribution is 0.0651. The number of nitrogens with zero attached hydrogens (tertiary/aromatic N) is 3. The third-order valence-electron chi connectivity index (χ3n) is 4.71. The van der Waals surface area contributed by atoms with Crippen molar-refractivity contribution in [3.05, 3.63) is 70.6 Å². The zero-order valence-electron chi connectivity index (χ0n) is 15.1. The Balaban J connectivity index is 1.24. The quantitative estimate of drug-likeness (QED) is 0.437. The predicted molar refractivity (Wildman–Crippen MR) is 104 cm³/mol. The standard InChI is InChI=1S/C21H18ClN3O3/c22-15-11-9-14(10-12-15)19-24-23-18(28-19)8-2-1-5-13-25-20(26)16-6-3-4-7-17(16)21(25)27/h3-4,6-7,9-12H,1-2,5,8,13H2. The summed E-state index contributed by atoms with van der Waals surface area (Å²) in [6.45, 7) is 0.423. The summed E-state index contributed by atoms with van der Waals surface area (Å²) in [5.74, 6) is 0.638. The van der Waals surface area contributed by atoms with Gasteiger partial charge in [0.15, 0.2) is 0 Å². The molecular formula is C21H18ClN3O3. The van der Waals surface area contributed by atoms with Crippen LogP contribution in [0, 0.1) is 0 Å². The van der Waals surface area contributed by atoms with Crippen molar-refractivity contribution >= 4 is 23.4 Å². The molecule has 0 N–H and O–H groups in total. The maximum Gasteiger partial charge on any atom is 0.261 e. The van der Waals surface area contributed by atoms with Gasteiger partial charge in [-0.05, 0) is 49.2 Å². The van der Waals surface area contributed by atoms with E-state index in [1.165, 1.54) is 4.90 Å². The highest BCUT2D eigenvalue weighted by molar-refractivity contribution is 6.30. The number of aryl methyl sites for hydroxylation is 1. The number of amides is 2. The van der Waals surface area contributed by atoms with E-state index in [0.29, 0.717) is 40.9 Å². The molecule has 0 spiro atoms. The van der Waals surface area contributed by atoms with E-state index in [4.69, 9.17) is 16.0 Å². The van der Waals surface area contributed by atoms with Crippen LogP contribution in [0.5, 0.6) is 0 Å². The summed E-state index contributed by atoms with van der Waals surface area (Å²) in [6, 6.07) is 14.2. The number of imide groups is 1. The van der Waals surface area contributed by atoms with E-state index in [1.54, 1.807) is 36.4 Å². The van der Waals surface area contributed by atoms with Gasteiger partial charge in [0.1, 0.15) is 0 Å². The van der Waals surface area contributed by atoms with Gasteiger partial charge in [-0.3, -0.25) is 14.5 Å². The zero-order chi connectivity index (χ0) is 19.5. The molecular weight excluding hydrogens is 378 g/mol. The number of rotatable bonds is 7. The summed E-state index contributed by atoms with van der Waals surface area (Å²) in [5.41, 5.74) is 1.81. The Morgan fingerprint density at radius 3 is 2.21 bits per heavy atom. The lowest BCUT2D eigenvalue weighted by atomic mass is 10.1. The third kappa shape index (κ3) is 3.68. The molecule has 0 bridgehead atoms. The van der Waals surface area contributed by atoms with Crippen molar-refractivity contribution < 1.29 is 14.0 Å². The van der Waals surface area contributed by atoms with Crippen molar-refractivity contribution in [1.29, 1.82) is 0 Å². The van der Waals surface area contributed by atoms with Crippen LogP contribution in [0.1, 0.15) is 45.9 Å². The molecule has 0 saturated carbocycles. The first-order valence-electron chi connectivity index (χ1n) is 9.17. The predicted octanol–water partition coefficient (Wildman–Crippen LogP) is 4.40. The summed E-state index contributed by atoms with van der Waals surface area (Å²) in [6.07, 6.45) is 3.09. The molecule has 0 atom stereocenters. The van der Waals surface area contributed by atoms with Crippen molar-refractivity contribution in [1.82, 2.24) is 15.1 Å². The molecule has 2 heterocycles. The minimum absolute atomic E-state index is 0.204. The minimum atomic E-state index is -0.204. The average Bonchev–Trinajstić information content (AvgIpc) is 3.27. The van der Waals surface area contributed by atoms with Crippen LogP contribution in [0.25, 0.3) is 11.5 Å². The number of fused-ring (bicyclic) bond motifs is 1. The van der Waals surface area contributed by atoms with Gasteiger partial charge < -0.3 is 4.42 Å². The van der Waals surface area contributed by atoms with Crippen molar-refractivity contribution in [2.45, 2.75) is 25.7 Å². The largest absolute Gasteiger partial charge is 0.421 e. The van der Waals surface area contributed by atoms with E-state index in [9.17, 15) is 9.59 Å². The lowest BCUT2D eigenvalue weighted by Gasteiger charge is -2.13. The van der Waals surface area contributed by atoms with Crippen LogP contribution >= 0.6 is 11.6 Å². The fraction of sp³-hybridized carbons (Fsp3) is 0.238. The molecule has 28 heavy (non-hydrogen) atoms. The molecule has 0 radical (unpaired) electrons. The van der Waals surface area contributed by atoms with Gasteiger partial charge in [0.05, 0.1) is 11.1 Å². The average molecular weight is 396 g/mol. The van der Waals surface area contributed by atoms with Gasteiger partial charge in [0.2, 0.25) is 11.8 Å². The molecule has 0 aliphatic carbocycles. The van der Waals surface area contributed by atoms with Crippen LogP contribution < -0.4 is 0 Å². The normalized spacial score (nSPS) is 13.2. The van der Waals surface area contributed by atoms with Crippen LogP contribution in [0.15, 0.2) is 52.9 Å². The van der Waals surface area contributed by atoms with E-state index in [0.717, 1.165) is 24.8 Å². The van der Waals surface area contributed by atoms with Gasteiger partial charge in [-0.15, -0.1) is 10.2 Å². The molecule has 6 nitrogen and oxygen atoms in total. The summed E-state index contributed by atoms with van der Waals surface area (Å²) < 4.78 is 5.68. The van der Waals surface area contributed by atoms with Crippen LogP contribution in [0.4, 0.5) is 0 Å². The second-order valence-electron chi connectivity index (χ2n) is 6.63. The molecule has 1 aromatic heterocycles. The van der Waals surface area contributed by atoms with Crippen molar-refractivity contribution in [3.63, 3.8) is 0 Å². The highest BCUT2D eigenvalue weighted by Crippen LogP contribution is 2.23. The summed E-state index contributed by atoms with van der Waals surface area (Å²) >= 11 is 5.88. The van der Waals surface area contributed by atoms with E-state index in [1.807, 2.05) is 12.1 Å². The molecule has 0 saturated heterocycles. The van der Waals surface area contributed by atoms with Crippen LogP contribution in [-0.2, 0) is 6.42 Å². The van der Waals surface area contributed by atoms with Crippen molar-refractivity contribution in [3.8, 4) is 11.5 Å². The minimum Gasteiger partial charge on any atom is -0.421 e. The highest BCUT2D eigenvalue weighted by Gasteiger charge is 2.34. The molecule has 2 aromatic carbocycles. The van der Waals surface area contributed by atoms with Gasteiger partial charge in [0, 0.05) is 23.6 Å². The van der Waals surface area contributed by atoms with Crippen molar-refractivity contribution in [2.75, 3.05) is 6.54 Å². The SMILES string of the molecule is O=C1c2ccccc2C(=O)N1CCCCCc1nnc(-c2ccc(Cl)cc2)o1. The number of unbranched alkanes of at least 4 members (excludes halogenated alkanes) is 2. The smallest absolute Gasteiger partial charge is 0.261 e. The Labute approximate surface area is 167 Å². The molecule has 0 fully saturated rings. The topological polar surface area (TPSA) is 76.3 Å². The molecule has 1 aliphatic rings. The van der Waals surface area contributed by atoms with Gasteiger partial charge in [-0.2, -0.15) is 0 Å². The molecule has 0 unspecified atom stereocenters. The van der Waals surface area contributed by atoms with Crippen LogP contribution in [0.2, 0.25) is 5.02 Å². The number of hydrogen-bond acceptors (Lipinski definition) is 5. The molecule has 3 aromatic rings. The molecule has 4 rings (SSSR count). The number of benzene rings is 2. The Hall–Kier alpha value is -2.99. The Kier molecular flexibility index (Phi) is 5.21. The maximum atomic E-state index is 12.3. The number of hydrogen-bond donors (Lipinski definition) is 0. The Morgan fingerprint density at radius 2 is 1.54 bits per heavy atom. The van der Waals surface area contributed by atoms with Gasteiger partial charge >= 0.3 is 0 Å². The van der Waals surface area contributed by atoms with E-state index in [2.05, 4.69) is 10.2 Å². The zero-order valence-corrected chi connectivity index (χ0v) is 15.9. The second-order valence-corrected chi connectivity index (χ2v) is 7.06. The summed E-state index contributed by atoms with van der Waals surface area (Å²) in [4.78, 5) is 26.0. The summed E-state index contributed by atoms with van der Waals surface area (Å²) in [7, 11) is 0. The highest BCUT2D eigenvalue weighted by atomic mass is 35.5. The van der Waals surface area contributed by atoms with Gasteiger partial charge in [-0.1, -0.05) is 30.2 Å². The fourth-order valence-electron chi connectivity index (χ4n) is 3.23. The second kappa shape index (κ2) is 7.94. The number of carbonyl (C=O) groups excluding carboxylic acids is 2. The maximum absolute atomic E-state index is 12.3. The van der Waals surface area contributed by atoms with Crippen molar-refractivity contribution in [2.24, 2.45) is 0 Å². The lowest BCUT2D eigenvalue weighted by Crippen LogP contribution is -2.30. The Morgan fingerprint density at radius 1 is 0.857 bits per heavy atom. The van der Waals surface area contributed by atoms with Crippen LogP contribution in [0.3, 0.4) is 0 Å². The first-order chi connectivity index (χ1) is 13.6. The number of aromatic nitrogens is 2. The van der Waals surface area contributed by atoms with E-state index < -0.39 is 0 Å². The van der Waals surface area contributed by atoms with E-state index >= 15 is 0 Å². The summed E-state index contributed by atoms with van der Waals surface area (Å²) in [5, 5.41) is 8.79. The van der Waals surface area contributed by atoms with Gasteiger partial charge in [-0.25, -0.2) is 0 Å². The third-order valence-corrected chi connectivity index (χ3v) is 4.96. The fourth-order valence-corrected chi connectivity index (χ4v) is 3.35. The number of carbonyl (C=O) groups is 2. The molecule has 2 amide bonds. The van der Waals surface area contributed by atoms with Gasteiger partial charge in [0.25, 0.3) is 11.8 Å². The molecule has 7 heteroatoms. The first-order valence-corrected chi connectivity index (χ1v) is 9.55. The van der Waals surface area contributed by atoms with E-state index in [-0.39, 0.29) is 11.8 Å². The molecule has 1 aliphatic heterocycles. The Bertz CT molecular complexity index is 979. The first kappa shape index (κ1) is 18.4. The number of halogens is 1.